The van der Waals surface area contributed by atoms with Gasteiger partial charge in [-0.2, -0.15) is 0 Å². The van der Waals surface area contributed by atoms with Crippen LogP contribution in [0, 0.1) is 0 Å². The van der Waals surface area contributed by atoms with Crippen LogP contribution < -0.4 is 0 Å². The Labute approximate surface area is 77.7 Å². The van der Waals surface area contributed by atoms with Crippen molar-refractivity contribution >= 4 is 10.9 Å². The highest BCUT2D eigenvalue weighted by atomic mass is 32.2. The van der Waals surface area contributed by atoms with E-state index in [1.54, 1.807) is 0 Å². The third kappa shape index (κ3) is 3.14. The van der Waals surface area contributed by atoms with E-state index in [1.807, 2.05) is 6.08 Å². The smallest absolute Gasteiger partial charge is 0.0985 e. The zero-order valence-corrected chi connectivity index (χ0v) is 8.31. The summed E-state index contributed by atoms with van der Waals surface area (Å²) in [5.74, 6) is 2.32. The van der Waals surface area contributed by atoms with Gasteiger partial charge in [0.1, 0.15) is 11.5 Å². The monoisotopic (exact) mass is 179 g/mol. The molecule has 0 heterocycles. The molecule has 1 heteroatoms. The van der Waals surface area contributed by atoms with E-state index in [2.05, 4.69) is 43.2 Å². The number of hydrogen-bond donors (Lipinski definition) is 0. The lowest BCUT2D eigenvalue weighted by molar-refractivity contribution is 1.40. The van der Waals surface area contributed by atoms with Gasteiger partial charge in [0.15, 0.2) is 0 Å². The second kappa shape index (κ2) is 5.04. The summed E-state index contributed by atoms with van der Waals surface area (Å²) in [6.45, 7) is 3.75. The molecule has 0 aliphatic rings. The number of benzene rings is 1. The van der Waals surface area contributed by atoms with E-state index in [4.69, 9.17) is 0 Å². The van der Waals surface area contributed by atoms with Gasteiger partial charge in [0.05, 0.1) is 6.26 Å². The van der Waals surface area contributed by atoms with Gasteiger partial charge in [0, 0.05) is 5.56 Å². The molecule has 1 aromatic carbocycles. The maximum Gasteiger partial charge on any atom is 0.133 e. The van der Waals surface area contributed by atoms with Gasteiger partial charge in [-0.1, -0.05) is 36.9 Å². The highest BCUT2D eigenvalue weighted by Crippen LogP contribution is 2.06. The van der Waals surface area contributed by atoms with Crippen LogP contribution in [0.15, 0.2) is 43.0 Å². The highest BCUT2D eigenvalue weighted by molar-refractivity contribution is 7.95. The van der Waals surface area contributed by atoms with Gasteiger partial charge >= 0.3 is 0 Å². The normalized spacial score (nSPS) is 12.4. The fraction of sp³-hybridized carbons (Fsp3) is 0.273. The number of hydrogen-bond acceptors (Lipinski definition) is 0. The standard InChI is InChI=1S/C11H15S/c1-3-9-12(2)10-11-7-5-4-6-8-11/h3-8H,1,9-10H2,2H3/q+1. The van der Waals surface area contributed by atoms with Gasteiger partial charge in [0.2, 0.25) is 0 Å². The molecule has 0 bridgehead atoms. The molecule has 0 aromatic heterocycles. The number of rotatable bonds is 4. The molecular weight excluding hydrogens is 164 g/mol. The molecular formula is C11H15S+. The predicted octanol–water partition coefficient (Wildman–Crippen LogP) is 2.62. The van der Waals surface area contributed by atoms with Gasteiger partial charge in [-0.25, -0.2) is 0 Å². The van der Waals surface area contributed by atoms with Gasteiger partial charge in [-0.05, 0) is 17.0 Å². The van der Waals surface area contributed by atoms with Crippen molar-refractivity contribution in [3.63, 3.8) is 0 Å². The minimum Gasteiger partial charge on any atom is -0.0985 e. The molecule has 0 aliphatic carbocycles. The van der Waals surface area contributed by atoms with Gasteiger partial charge in [-0.15, -0.1) is 0 Å². The van der Waals surface area contributed by atoms with Gasteiger partial charge in [0.25, 0.3) is 0 Å². The molecule has 0 saturated heterocycles. The van der Waals surface area contributed by atoms with Crippen LogP contribution in [0.3, 0.4) is 0 Å². The summed E-state index contributed by atoms with van der Waals surface area (Å²) in [6.07, 6.45) is 4.29. The first kappa shape index (κ1) is 9.40. The summed E-state index contributed by atoms with van der Waals surface area (Å²) in [4.78, 5) is 0. The SMILES string of the molecule is C=CC[S+](C)Cc1ccccc1. The van der Waals surface area contributed by atoms with E-state index in [-0.39, 0.29) is 0 Å². The molecule has 0 aliphatic heterocycles. The van der Waals surface area contributed by atoms with Gasteiger partial charge in [-0.3, -0.25) is 0 Å². The molecule has 64 valence electrons. The summed E-state index contributed by atoms with van der Waals surface area (Å²) < 4.78 is 0. The van der Waals surface area contributed by atoms with Crippen molar-refractivity contribution in [1.82, 2.24) is 0 Å². The highest BCUT2D eigenvalue weighted by Gasteiger charge is 2.08. The molecule has 1 aromatic rings. The Morgan fingerprint density at radius 3 is 2.58 bits per heavy atom. The molecule has 1 unspecified atom stereocenters. The van der Waals surface area contributed by atoms with Crippen LogP contribution in [-0.4, -0.2) is 12.0 Å². The molecule has 0 N–H and O–H groups in total. The van der Waals surface area contributed by atoms with Crippen LogP contribution in [0.4, 0.5) is 0 Å². The zero-order chi connectivity index (χ0) is 8.81. The Hall–Kier alpha value is -0.690. The van der Waals surface area contributed by atoms with E-state index in [0.29, 0.717) is 10.9 Å². The quantitative estimate of drug-likeness (QED) is 0.492. The van der Waals surface area contributed by atoms with E-state index < -0.39 is 0 Å². The van der Waals surface area contributed by atoms with Crippen molar-refractivity contribution in [2.75, 3.05) is 12.0 Å². The van der Waals surface area contributed by atoms with E-state index in [1.165, 1.54) is 11.3 Å². The minimum atomic E-state index is 0.461. The third-order valence-electron chi connectivity index (χ3n) is 1.66. The van der Waals surface area contributed by atoms with Crippen molar-refractivity contribution in [3.8, 4) is 0 Å². The molecule has 1 rings (SSSR count). The second-order valence-electron chi connectivity index (χ2n) is 2.87. The lowest BCUT2D eigenvalue weighted by Gasteiger charge is -1.99. The largest absolute Gasteiger partial charge is 0.133 e. The van der Waals surface area contributed by atoms with Gasteiger partial charge < -0.3 is 0 Å². The predicted molar refractivity (Wildman–Crippen MR) is 58.5 cm³/mol. The van der Waals surface area contributed by atoms with Crippen molar-refractivity contribution in [1.29, 1.82) is 0 Å². The third-order valence-corrected chi connectivity index (χ3v) is 3.29. The van der Waals surface area contributed by atoms with Crippen LogP contribution in [0.25, 0.3) is 0 Å². The molecule has 0 amide bonds. The van der Waals surface area contributed by atoms with E-state index in [9.17, 15) is 0 Å². The fourth-order valence-electron chi connectivity index (χ4n) is 1.12. The Morgan fingerprint density at radius 1 is 1.33 bits per heavy atom. The van der Waals surface area contributed by atoms with Crippen LogP contribution in [0.5, 0.6) is 0 Å². The average Bonchev–Trinajstić information content (AvgIpc) is 2.06. The summed E-state index contributed by atoms with van der Waals surface area (Å²) >= 11 is 0. The first-order valence-electron chi connectivity index (χ1n) is 4.07. The summed E-state index contributed by atoms with van der Waals surface area (Å²) in [6, 6.07) is 10.6. The van der Waals surface area contributed by atoms with E-state index >= 15 is 0 Å². The summed E-state index contributed by atoms with van der Waals surface area (Å²) in [5, 5.41) is 0. The Morgan fingerprint density at radius 2 is 2.00 bits per heavy atom. The van der Waals surface area contributed by atoms with E-state index in [0.717, 1.165) is 5.75 Å². The zero-order valence-electron chi connectivity index (χ0n) is 7.49. The Bertz CT molecular complexity index is 228. The fourth-order valence-corrected chi connectivity index (χ4v) is 2.40. The van der Waals surface area contributed by atoms with Crippen molar-refractivity contribution in [2.24, 2.45) is 0 Å². The molecule has 0 spiro atoms. The lowest BCUT2D eigenvalue weighted by atomic mass is 10.2. The van der Waals surface area contributed by atoms with Crippen LogP contribution in [0.1, 0.15) is 5.56 Å². The lowest BCUT2D eigenvalue weighted by Crippen LogP contribution is -2.05. The molecule has 0 fully saturated rings. The maximum absolute atomic E-state index is 3.75. The molecule has 1 atom stereocenters. The average molecular weight is 179 g/mol. The summed E-state index contributed by atoms with van der Waals surface area (Å²) in [5.41, 5.74) is 1.44. The minimum absolute atomic E-state index is 0.461. The first-order valence-corrected chi connectivity index (χ1v) is 6.04. The molecule has 0 nitrogen and oxygen atoms in total. The van der Waals surface area contributed by atoms with Crippen molar-refractivity contribution in [2.45, 2.75) is 5.75 Å². The van der Waals surface area contributed by atoms with Crippen LogP contribution in [0.2, 0.25) is 0 Å². The summed E-state index contributed by atoms with van der Waals surface area (Å²) in [7, 11) is 0.461. The molecule has 0 radical (unpaired) electrons. The molecule has 12 heavy (non-hydrogen) atoms. The Balaban J connectivity index is 2.46. The van der Waals surface area contributed by atoms with Crippen LogP contribution in [-0.2, 0) is 16.6 Å². The van der Waals surface area contributed by atoms with Crippen LogP contribution >= 0.6 is 0 Å². The first-order chi connectivity index (χ1) is 5.83. The molecule has 0 saturated carbocycles. The van der Waals surface area contributed by atoms with Crippen molar-refractivity contribution in [3.05, 3.63) is 48.6 Å². The second-order valence-corrected chi connectivity index (χ2v) is 5.05. The maximum atomic E-state index is 3.75. The Kier molecular flexibility index (Phi) is 3.95. The topological polar surface area (TPSA) is 0 Å². The van der Waals surface area contributed by atoms with Crippen molar-refractivity contribution < 1.29 is 0 Å².